The molecule has 1 aromatic carbocycles. The zero-order valence-electron chi connectivity index (χ0n) is 14.3. The third-order valence-corrected chi connectivity index (χ3v) is 6.01. The molecule has 3 atom stereocenters. The molecule has 2 fully saturated rings. The number of hydrogen-bond acceptors (Lipinski definition) is 2. The molecule has 1 heterocycles. The van der Waals surface area contributed by atoms with Crippen molar-refractivity contribution in [3.05, 3.63) is 35.9 Å². The molecule has 1 aromatic rings. The van der Waals surface area contributed by atoms with Crippen molar-refractivity contribution in [2.45, 2.75) is 45.4 Å². The number of likely N-dealkylation sites (tertiary alicyclic amines) is 1. The van der Waals surface area contributed by atoms with E-state index in [0.29, 0.717) is 18.4 Å². The minimum atomic E-state index is 0.191. The minimum absolute atomic E-state index is 0.191. The third-order valence-electron chi connectivity index (χ3n) is 6.01. The molecular weight excluding hydrogens is 284 g/mol. The molecule has 2 aliphatic rings. The summed E-state index contributed by atoms with van der Waals surface area (Å²) in [7, 11) is 0. The number of carbonyl (C=O) groups is 1. The van der Waals surface area contributed by atoms with Gasteiger partial charge in [-0.3, -0.25) is 4.79 Å². The number of rotatable bonds is 5. The maximum absolute atomic E-state index is 12.8. The van der Waals surface area contributed by atoms with Crippen LogP contribution in [0.5, 0.6) is 0 Å². The normalized spacial score (nSPS) is 30.8. The van der Waals surface area contributed by atoms with Crippen LogP contribution in [0.2, 0.25) is 0 Å². The van der Waals surface area contributed by atoms with E-state index in [2.05, 4.69) is 42.2 Å². The van der Waals surface area contributed by atoms with Gasteiger partial charge in [-0.05, 0) is 55.5 Å². The van der Waals surface area contributed by atoms with Crippen LogP contribution in [0.4, 0.5) is 0 Å². The molecule has 1 aliphatic heterocycles. The lowest BCUT2D eigenvalue weighted by Gasteiger charge is -2.27. The van der Waals surface area contributed by atoms with Gasteiger partial charge in [-0.2, -0.15) is 0 Å². The van der Waals surface area contributed by atoms with Gasteiger partial charge in [-0.25, -0.2) is 0 Å². The molecule has 3 nitrogen and oxygen atoms in total. The van der Waals surface area contributed by atoms with E-state index in [4.69, 9.17) is 5.73 Å². The van der Waals surface area contributed by atoms with Gasteiger partial charge in [0.25, 0.3) is 0 Å². The largest absolute Gasteiger partial charge is 0.342 e. The molecule has 0 spiro atoms. The van der Waals surface area contributed by atoms with Gasteiger partial charge in [0.15, 0.2) is 0 Å². The van der Waals surface area contributed by atoms with Crippen LogP contribution in [0, 0.1) is 17.3 Å². The van der Waals surface area contributed by atoms with Crippen molar-refractivity contribution in [1.82, 2.24) is 4.90 Å². The van der Waals surface area contributed by atoms with Crippen molar-refractivity contribution in [3.63, 3.8) is 0 Å². The Kier molecular flexibility index (Phi) is 5.05. The van der Waals surface area contributed by atoms with Crippen LogP contribution in [-0.4, -0.2) is 30.4 Å². The number of amides is 1. The highest BCUT2D eigenvalue weighted by Crippen LogP contribution is 2.38. The van der Waals surface area contributed by atoms with Crippen LogP contribution in [0.1, 0.15) is 44.6 Å². The van der Waals surface area contributed by atoms with Gasteiger partial charge in [-0.15, -0.1) is 0 Å². The smallest absolute Gasteiger partial charge is 0.226 e. The number of carbonyl (C=O) groups excluding carboxylic acids is 1. The lowest BCUT2D eigenvalue weighted by Crippen LogP contribution is -2.38. The second kappa shape index (κ2) is 7.04. The third kappa shape index (κ3) is 3.77. The van der Waals surface area contributed by atoms with Gasteiger partial charge in [0, 0.05) is 19.0 Å². The standard InChI is InChI=1S/C20H30N2O/c1-20(11-10-16-6-3-2-4-7-16)12-13-22(15-20)19(23)18-9-5-8-17(18)14-21/h2-4,6-7,17-18H,5,8-15,21H2,1H3/t17-,18-,20?/m1/s1. The Morgan fingerprint density at radius 1 is 1.30 bits per heavy atom. The first-order chi connectivity index (χ1) is 11.1. The predicted octanol–water partition coefficient (Wildman–Crippen LogP) is 3.23. The van der Waals surface area contributed by atoms with Gasteiger partial charge >= 0.3 is 0 Å². The average Bonchev–Trinajstić information content (AvgIpc) is 3.20. The molecule has 1 unspecified atom stereocenters. The van der Waals surface area contributed by atoms with E-state index in [1.54, 1.807) is 0 Å². The average molecular weight is 314 g/mol. The predicted molar refractivity (Wildman–Crippen MR) is 94.0 cm³/mol. The lowest BCUT2D eigenvalue weighted by atomic mass is 9.83. The van der Waals surface area contributed by atoms with Crippen molar-refractivity contribution in [1.29, 1.82) is 0 Å². The van der Waals surface area contributed by atoms with E-state index >= 15 is 0 Å². The summed E-state index contributed by atoms with van der Waals surface area (Å²) >= 11 is 0. The van der Waals surface area contributed by atoms with Crippen LogP contribution < -0.4 is 5.73 Å². The molecule has 23 heavy (non-hydrogen) atoms. The zero-order valence-corrected chi connectivity index (χ0v) is 14.3. The van der Waals surface area contributed by atoms with Gasteiger partial charge in [-0.1, -0.05) is 43.7 Å². The molecule has 1 amide bonds. The van der Waals surface area contributed by atoms with E-state index in [9.17, 15) is 4.79 Å². The fraction of sp³-hybridized carbons (Fsp3) is 0.650. The van der Waals surface area contributed by atoms with Gasteiger partial charge in [0.1, 0.15) is 0 Å². The summed E-state index contributed by atoms with van der Waals surface area (Å²) in [4.78, 5) is 15.0. The van der Waals surface area contributed by atoms with Crippen LogP contribution in [0.3, 0.4) is 0 Å². The Balaban J connectivity index is 1.55. The van der Waals surface area contributed by atoms with Crippen molar-refractivity contribution in [3.8, 4) is 0 Å². The number of benzene rings is 1. The van der Waals surface area contributed by atoms with E-state index in [1.807, 2.05) is 0 Å². The Labute approximate surface area is 140 Å². The fourth-order valence-electron chi connectivity index (χ4n) is 4.39. The summed E-state index contributed by atoms with van der Waals surface area (Å²) in [5, 5.41) is 0. The first-order valence-corrected chi connectivity index (χ1v) is 9.14. The highest BCUT2D eigenvalue weighted by atomic mass is 16.2. The molecule has 2 N–H and O–H groups in total. The minimum Gasteiger partial charge on any atom is -0.342 e. The maximum Gasteiger partial charge on any atom is 0.226 e. The summed E-state index contributed by atoms with van der Waals surface area (Å²) in [5.74, 6) is 0.983. The number of nitrogens with two attached hydrogens (primary N) is 1. The molecule has 0 radical (unpaired) electrons. The highest BCUT2D eigenvalue weighted by Gasteiger charge is 2.40. The van der Waals surface area contributed by atoms with Crippen LogP contribution in [0.25, 0.3) is 0 Å². The Hall–Kier alpha value is -1.35. The van der Waals surface area contributed by atoms with Crippen molar-refractivity contribution in [2.24, 2.45) is 23.0 Å². The molecule has 1 saturated carbocycles. The number of aryl methyl sites for hydroxylation is 1. The second-order valence-corrected chi connectivity index (χ2v) is 7.84. The fourth-order valence-corrected chi connectivity index (χ4v) is 4.39. The van der Waals surface area contributed by atoms with Gasteiger partial charge in [0.2, 0.25) is 5.91 Å². The van der Waals surface area contributed by atoms with E-state index in [1.165, 1.54) is 5.56 Å². The Morgan fingerprint density at radius 2 is 2.09 bits per heavy atom. The molecule has 0 aromatic heterocycles. The van der Waals surface area contributed by atoms with Crippen LogP contribution in [0.15, 0.2) is 30.3 Å². The zero-order chi connectivity index (χ0) is 16.3. The summed E-state index contributed by atoms with van der Waals surface area (Å²) in [6.45, 7) is 4.86. The highest BCUT2D eigenvalue weighted by molar-refractivity contribution is 5.79. The monoisotopic (exact) mass is 314 g/mol. The summed E-state index contributed by atoms with van der Waals surface area (Å²) in [6, 6.07) is 10.7. The van der Waals surface area contributed by atoms with E-state index in [0.717, 1.165) is 51.6 Å². The van der Waals surface area contributed by atoms with Crippen molar-refractivity contribution >= 4 is 5.91 Å². The second-order valence-electron chi connectivity index (χ2n) is 7.84. The van der Waals surface area contributed by atoms with Gasteiger partial charge < -0.3 is 10.6 Å². The topological polar surface area (TPSA) is 46.3 Å². The molecule has 1 saturated heterocycles. The van der Waals surface area contributed by atoms with Crippen molar-refractivity contribution in [2.75, 3.05) is 19.6 Å². The van der Waals surface area contributed by atoms with Crippen LogP contribution in [-0.2, 0) is 11.2 Å². The number of nitrogens with zero attached hydrogens (tertiary/aromatic N) is 1. The van der Waals surface area contributed by atoms with E-state index < -0.39 is 0 Å². The summed E-state index contributed by atoms with van der Waals surface area (Å²) < 4.78 is 0. The molecule has 0 bridgehead atoms. The lowest BCUT2D eigenvalue weighted by molar-refractivity contribution is -0.135. The Morgan fingerprint density at radius 3 is 2.83 bits per heavy atom. The van der Waals surface area contributed by atoms with Crippen molar-refractivity contribution < 1.29 is 4.79 Å². The van der Waals surface area contributed by atoms with Gasteiger partial charge in [0.05, 0.1) is 0 Å². The molecule has 3 heteroatoms. The van der Waals surface area contributed by atoms with Crippen LogP contribution >= 0.6 is 0 Å². The molecule has 126 valence electrons. The molecule has 1 aliphatic carbocycles. The number of hydrogen-bond donors (Lipinski definition) is 1. The summed E-state index contributed by atoms with van der Waals surface area (Å²) in [6.07, 6.45) is 6.73. The van der Waals surface area contributed by atoms with E-state index in [-0.39, 0.29) is 11.3 Å². The first-order valence-electron chi connectivity index (χ1n) is 9.14. The molecular formula is C20H30N2O. The summed E-state index contributed by atoms with van der Waals surface area (Å²) in [5.41, 5.74) is 7.52. The maximum atomic E-state index is 12.8. The Bertz CT molecular complexity index is 530. The first kappa shape index (κ1) is 16.5. The molecule has 3 rings (SSSR count). The quantitative estimate of drug-likeness (QED) is 0.907. The SMILES string of the molecule is CC1(CCc2ccccc2)CCN(C(=O)[C@@H]2CCC[C@@H]2CN)C1.